The van der Waals surface area contributed by atoms with Gasteiger partial charge in [-0.15, -0.1) is 0 Å². The molecule has 5 aliphatic heterocycles. The van der Waals surface area contributed by atoms with Crippen LogP contribution in [0.1, 0.15) is 42.5 Å². The Kier molecular flexibility index (Phi) is 22.3. The summed E-state index contributed by atoms with van der Waals surface area (Å²) in [5, 5.41) is 154. The summed E-state index contributed by atoms with van der Waals surface area (Å²) in [5.74, 6) is -1.56. The highest BCUT2D eigenvalue weighted by Gasteiger charge is 2.56. The highest BCUT2D eigenvalue weighted by atomic mass is 16.8. The zero-order valence-corrected chi connectivity index (χ0v) is 35.3. The van der Waals surface area contributed by atoms with Crippen LogP contribution in [0.2, 0.25) is 0 Å². The Morgan fingerprint density at radius 2 is 0.848 bits per heavy atom. The van der Waals surface area contributed by atoms with E-state index in [4.69, 9.17) is 42.6 Å². The monoisotopic (exact) mass is 968 g/mol. The lowest BCUT2D eigenvalue weighted by Gasteiger charge is -2.51. The summed E-state index contributed by atoms with van der Waals surface area (Å²) in [4.78, 5) is 24.7. The van der Waals surface area contributed by atoms with Crippen molar-refractivity contribution in [3.63, 3.8) is 0 Å². The van der Waals surface area contributed by atoms with Crippen molar-refractivity contribution >= 4 is 11.8 Å². The maximum atomic E-state index is 12.5. The van der Waals surface area contributed by atoms with Gasteiger partial charge < -0.3 is 125 Å². The fourth-order valence-corrected chi connectivity index (χ4v) is 8.36. The fraction of sp³-hybridized carbons (Fsp3) is 0.949. The van der Waals surface area contributed by atoms with Crippen molar-refractivity contribution in [2.45, 2.75) is 196 Å². The molecule has 5 heterocycles. The minimum absolute atomic E-state index is 0. The number of amides is 2. The molecule has 5 rings (SSSR count). The minimum Gasteiger partial charge on any atom is -0.394 e. The van der Waals surface area contributed by atoms with Crippen molar-refractivity contribution in [2.75, 3.05) is 33.0 Å². The van der Waals surface area contributed by atoms with E-state index in [9.17, 15) is 81.1 Å². The molecule has 5 aliphatic rings. The molecule has 0 saturated carbocycles. The molecule has 0 bridgehead atoms. The number of carbonyl (C=O) groups excluding carboxylic acids is 2. The molecule has 5 saturated heterocycles. The van der Waals surface area contributed by atoms with E-state index >= 15 is 0 Å². The average molecular weight is 969 g/mol. The lowest BCUT2D eigenvalue weighted by Crippen LogP contribution is -2.70. The van der Waals surface area contributed by atoms with Crippen LogP contribution in [0.4, 0.5) is 0 Å². The average Bonchev–Trinajstić information content (AvgIpc) is 3.25. The van der Waals surface area contributed by atoms with Crippen molar-refractivity contribution in [3.8, 4) is 0 Å². The molecule has 0 aromatic carbocycles. The van der Waals surface area contributed by atoms with E-state index in [1.165, 1.54) is 6.92 Å². The molecule has 27 heteroatoms. The van der Waals surface area contributed by atoms with E-state index in [1.54, 1.807) is 13.8 Å². The number of aliphatic hydroxyl groups is 14. The van der Waals surface area contributed by atoms with Gasteiger partial charge in [-0.2, -0.15) is 0 Å². The molecular weight excluding hydrogens is 896 g/mol. The molecular formula is C39H72N2O25. The Labute approximate surface area is 380 Å². The largest absolute Gasteiger partial charge is 0.394 e. The topological polar surface area (TPSA) is 424 Å². The number of hydrogen-bond donors (Lipinski definition) is 16. The van der Waals surface area contributed by atoms with Crippen LogP contribution in [0.25, 0.3) is 0 Å². The summed E-state index contributed by atoms with van der Waals surface area (Å²) < 4.78 is 52.0. The van der Waals surface area contributed by atoms with Crippen LogP contribution in [0, 0.1) is 5.92 Å². The van der Waals surface area contributed by atoms with Gasteiger partial charge in [-0.25, -0.2) is 0 Å². The van der Waals surface area contributed by atoms with E-state index in [0.717, 1.165) is 6.92 Å². The van der Waals surface area contributed by atoms with Crippen molar-refractivity contribution < 1.29 is 124 Å². The van der Waals surface area contributed by atoms with Crippen molar-refractivity contribution in [2.24, 2.45) is 5.92 Å². The molecule has 0 aromatic rings. The molecule has 66 heavy (non-hydrogen) atoms. The summed E-state index contributed by atoms with van der Waals surface area (Å²) in [7, 11) is 0. The van der Waals surface area contributed by atoms with E-state index in [1.807, 2.05) is 0 Å². The first kappa shape index (κ1) is 58.3. The van der Waals surface area contributed by atoms with Gasteiger partial charge in [0.1, 0.15) is 116 Å². The third-order valence-electron chi connectivity index (χ3n) is 11.8. The van der Waals surface area contributed by atoms with Crippen LogP contribution >= 0.6 is 0 Å². The number of aliphatic hydroxyl groups excluding tert-OH is 14. The van der Waals surface area contributed by atoms with E-state index in [-0.39, 0.29) is 20.8 Å². The molecule has 25 atom stereocenters. The second kappa shape index (κ2) is 25.2. The molecule has 27 nitrogen and oxygen atoms in total. The van der Waals surface area contributed by atoms with Gasteiger partial charge in [-0.3, -0.25) is 9.59 Å². The quantitative estimate of drug-likeness (QED) is 0.0683. The fourth-order valence-electron chi connectivity index (χ4n) is 8.36. The first-order valence-corrected chi connectivity index (χ1v) is 20.8. The smallest absolute Gasteiger partial charge is 0.217 e. The maximum absolute atomic E-state index is 12.5. The molecule has 25 unspecified atom stereocenters. The van der Waals surface area contributed by atoms with Crippen LogP contribution in [0.3, 0.4) is 0 Å². The zero-order valence-electron chi connectivity index (χ0n) is 35.3. The standard InChI is InChI=1S/C37H64N2O25.2CH4/c1-10(2)30-18(38-11(3)44)23(49)31(15(7-42)57-30)62-34-19(39-12(4)45)24(50)32(16(8-43)60-34)63-37-29(55)33(64-36-28(54)26(52)21(47)14(6-41)59-36)22(48)17(61-37)9-56-35-27(53)25(51)20(46)13(5-40)58-35;;/h10,13-37,40-43,46-55H,5-9H2,1-4H3,(H,38,44)(H,39,45);2*1H4. The van der Waals surface area contributed by atoms with Gasteiger partial charge in [-0.05, 0) is 5.92 Å². The predicted molar refractivity (Wildman–Crippen MR) is 216 cm³/mol. The second-order valence-electron chi connectivity index (χ2n) is 16.8. The lowest BCUT2D eigenvalue weighted by atomic mass is 9.87. The van der Waals surface area contributed by atoms with Gasteiger partial charge in [0.2, 0.25) is 11.8 Å². The van der Waals surface area contributed by atoms with Gasteiger partial charge in [0.25, 0.3) is 0 Å². The van der Waals surface area contributed by atoms with E-state index in [0.29, 0.717) is 0 Å². The highest BCUT2D eigenvalue weighted by molar-refractivity contribution is 5.73. The highest BCUT2D eigenvalue weighted by Crippen LogP contribution is 2.36. The lowest BCUT2D eigenvalue weighted by molar-refractivity contribution is -0.383. The molecule has 2 amide bonds. The van der Waals surface area contributed by atoms with Gasteiger partial charge in [-0.1, -0.05) is 28.7 Å². The summed E-state index contributed by atoms with van der Waals surface area (Å²) in [6, 6.07) is -2.70. The Morgan fingerprint density at radius 3 is 1.35 bits per heavy atom. The first-order chi connectivity index (χ1) is 30.2. The number of rotatable bonds is 16. The molecule has 0 radical (unpaired) electrons. The second-order valence-corrected chi connectivity index (χ2v) is 16.8. The third kappa shape index (κ3) is 12.7. The van der Waals surface area contributed by atoms with Gasteiger partial charge in [0.05, 0.1) is 45.2 Å². The Bertz CT molecular complexity index is 1490. The number of carbonyl (C=O) groups is 2. The molecule has 5 fully saturated rings. The van der Waals surface area contributed by atoms with Crippen LogP contribution in [0.5, 0.6) is 0 Å². The van der Waals surface area contributed by atoms with Crippen molar-refractivity contribution in [3.05, 3.63) is 0 Å². The van der Waals surface area contributed by atoms with Crippen LogP contribution in [0.15, 0.2) is 0 Å². The summed E-state index contributed by atoms with van der Waals surface area (Å²) in [6.45, 7) is 1.61. The molecule has 388 valence electrons. The summed E-state index contributed by atoms with van der Waals surface area (Å²) >= 11 is 0. The number of ether oxygens (including phenoxy) is 9. The third-order valence-corrected chi connectivity index (χ3v) is 11.8. The van der Waals surface area contributed by atoms with Gasteiger partial charge in [0.15, 0.2) is 25.2 Å². The Balaban J connectivity index is 0.00000578. The van der Waals surface area contributed by atoms with E-state index < -0.39 is 198 Å². The Hall–Kier alpha value is -1.98. The van der Waals surface area contributed by atoms with E-state index in [2.05, 4.69) is 10.6 Å². The summed E-state index contributed by atoms with van der Waals surface area (Å²) in [6.07, 6.45) is -40.2. The first-order valence-electron chi connectivity index (χ1n) is 20.8. The molecule has 0 spiro atoms. The van der Waals surface area contributed by atoms with Crippen LogP contribution in [-0.2, 0) is 52.2 Å². The van der Waals surface area contributed by atoms with Gasteiger partial charge in [0, 0.05) is 13.8 Å². The van der Waals surface area contributed by atoms with Gasteiger partial charge >= 0.3 is 0 Å². The summed E-state index contributed by atoms with van der Waals surface area (Å²) in [5.41, 5.74) is 0. The van der Waals surface area contributed by atoms with Crippen molar-refractivity contribution in [1.29, 1.82) is 0 Å². The Morgan fingerprint density at radius 1 is 0.455 bits per heavy atom. The normalized spacial score (nSPS) is 46.4. The molecule has 16 N–H and O–H groups in total. The van der Waals surface area contributed by atoms with Crippen molar-refractivity contribution in [1.82, 2.24) is 10.6 Å². The molecule has 0 aromatic heterocycles. The number of hydrogen-bond acceptors (Lipinski definition) is 25. The zero-order chi connectivity index (χ0) is 47.5. The maximum Gasteiger partial charge on any atom is 0.217 e. The van der Waals surface area contributed by atoms with Crippen LogP contribution < -0.4 is 10.6 Å². The predicted octanol–water partition coefficient (Wildman–Crippen LogP) is -8.66. The molecule has 0 aliphatic carbocycles. The SMILES string of the molecule is C.C.CC(=O)NC1C(OC2C(CO)OC(C(C)C)C(NC(C)=O)C2O)OC(CO)C(OC2OC(COC3OC(CO)C(O)C(O)C3O)C(O)C(OC3OC(CO)C(O)C(O)C3O)C2O)C1O. The number of nitrogens with one attached hydrogen (secondary N) is 2. The minimum atomic E-state index is -2.16. The van der Waals surface area contributed by atoms with Crippen LogP contribution in [-0.4, -0.2) is 270 Å².